The first kappa shape index (κ1) is 16.2. The summed E-state index contributed by atoms with van der Waals surface area (Å²) in [5, 5.41) is 10.6. The van der Waals surface area contributed by atoms with Gasteiger partial charge in [0.15, 0.2) is 0 Å². The zero-order valence-corrected chi connectivity index (χ0v) is 13.5. The number of ether oxygens (including phenoxy) is 1. The number of rotatable bonds is 5. The molecule has 0 bridgehead atoms. The van der Waals surface area contributed by atoms with Crippen LogP contribution in [0.4, 0.5) is 0 Å². The Morgan fingerprint density at radius 3 is 2.58 bits per heavy atom. The number of aliphatic hydroxyl groups excluding tert-OH is 1. The lowest BCUT2D eigenvalue weighted by molar-refractivity contribution is 0.253. The van der Waals surface area contributed by atoms with Gasteiger partial charge in [0, 0.05) is 35.1 Å². The predicted octanol–water partition coefficient (Wildman–Crippen LogP) is 2.00. The van der Waals surface area contributed by atoms with Gasteiger partial charge in [-0.15, -0.1) is 0 Å². The van der Waals surface area contributed by atoms with E-state index in [2.05, 4.69) is 0 Å². The average molecular weight is 324 g/mol. The van der Waals surface area contributed by atoms with E-state index in [0.717, 1.165) is 16.5 Å². The highest BCUT2D eigenvalue weighted by Crippen LogP contribution is 2.29. The molecule has 5 nitrogen and oxygen atoms in total. The van der Waals surface area contributed by atoms with Crippen molar-refractivity contribution in [1.29, 1.82) is 0 Å². The van der Waals surface area contributed by atoms with Gasteiger partial charge in [-0.05, 0) is 23.8 Å². The van der Waals surface area contributed by atoms with Crippen molar-refractivity contribution in [2.24, 2.45) is 5.73 Å². The summed E-state index contributed by atoms with van der Waals surface area (Å²) in [6.07, 6.45) is 1.80. The highest BCUT2D eigenvalue weighted by molar-refractivity contribution is 5.96. The van der Waals surface area contributed by atoms with Crippen molar-refractivity contribution in [3.63, 3.8) is 0 Å². The summed E-state index contributed by atoms with van der Waals surface area (Å²) in [7, 11) is 1.60. The van der Waals surface area contributed by atoms with E-state index in [1.165, 1.54) is 0 Å². The van der Waals surface area contributed by atoms with Crippen LogP contribution in [0.1, 0.15) is 0 Å². The number of fused-ring (bicyclic) bond motifs is 1. The van der Waals surface area contributed by atoms with Crippen LogP contribution < -0.4 is 16.0 Å². The second-order valence-electron chi connectivity index (χ2n) is 5.72. The van der Waals surface area contributed by atoms with Gasteiger partial charge in [0.2, 0.25) is 0 Å². The molecule has 3 aromatic rings. The average Bonchev–Trinajstić information content (AvgIpc) is 2.64. The number of hydrogen-bond acceptors (Lipinski definition) is 4. The minimum absolute atomic E-state index is 0.128. The van der Waals surface area contributed by atoms with E-state index < -0.39 is 6.04 Å². The van der Waals surface area contributed by atoms with Gasteiger partial charge in [0.05, 0.1) is 13.7 Å². The van der Waals surface area contributed by atoms with Crippen LogP contribution in [0.2, 0.25) is 0 Å². The van der Waals surface area contributed by atoms with Crippen molar-refractivity contribution in [3.8, 4) is 16.9 Å². The molecule has 3 rings (SSSR count). The van der Waals surface area contributed by atoms with Crippen molar-refractivity contribution < 1.29 is 9.84 Å². The van der Waals surface area contributed by atoms with Gasteiger partial charge < -0.3 is 20.1 Å². The van der Waals surface area contributed by atoms with E-state index >= 15 is 0 Å². The lowest BCUT2D eigenvalue weighted by Crippen LogP contribution is -2.34. The van der Waals surface area contributed by atoms with Gasteiger partial charge in [0.1, 0.15) is 5.75 Å². The molecule has 3 N–H and O–H groups in total. The number of pyridine rings is 1. The quantitative estimate of drug-likeness (QED) is 0.752. The highest BCUT2D eigenvalue weighted by Gasteiger charge is 2.13. The third-order valence-corrected chi connectivity index (χ3v) is 4.04. The van der Waals surface area contributed by atoms with Crippen molar-refractivity contribution >= 4 is 10.8 Å². The minimum Gasteiger partial charge on any atom is -0.497 e. The first-order valence-electron chi connectivity index (χ1n) is 7.77. The molecule has 0 aliphatic carbocycles. The Balaban J connectivity index is 2.29. The molecule has 1 unspecified atom stereocenters. The molecule has 0 amide bonds. The Morgan fingerprint density at radius 2 is 1.92 bits per heavy atom. The van der Waals surface area contributed by atoms with E-state index in [1.807, 2.05) is 36.4 Å². The zero-order valence-electron chi connectivity index (χ0n) is 13.5. The Hall–Kier alpha value is -2.63. The molecule has 2 aromatic carbocycles. The number of benzene rings is 2. The van der Waals surface area contributed by atoms with Crippen LogP contribution in [0.25, 0.3) is 21.9 Å². The molecule has 5 heteroatoms. The summed E-state index contributed by atoms with van der Waals surface area (Å²) in [5.74, 6) is 0.698. The van der Waals surface area contributed by atoms with E-state index in [4.69, 9.17) is 10.5 Å². The fourth-order valence-electron chi connectivity index (χ4n) is 2.79. The Bertz CT molecular complexity index is 904. The molecule has 0 fully saturated rings. The summed E-state index contributed by atoms with van der Waals surface area (Å²) in [4.78, 5) is 12.7. The Morgan fingerprint density at radius 1 is 1.17 bits per heavy atom. The summed E-state index contributed by atoms with van der Waals surface area (Å²) < 4.78 is 6.87. The van der Waals surface area contributed by atoms with Crippen LogP contribution in [0.3, 0.4) is 0 Å². The van der Waals surface area contributed by atoms with Crippen molar-refractivity contribution in [1.82, 2.24) is 4.57 Å². The van der Waals surface area contributed by atoms with Crippen LogP contribution in [-0.2, 0) is 6.54 Å². The molecule has 0 radical (unpaired) electrons. The van der Waals surface area contributed by atoms with Gasteiger partial charge in [-0.25, -0.2) is 0 Å². The number of nitrogens with two attached hydrogens (primary N) is 1. The largest absolute Gasteiger partial charge is 0.497 e. The molecule has 24 heavy (non-hydrogen) atoms. The van der Waals surface area contributed by atoms with Gasteiger partial charge >= 0.3 is 0 Å². The minimum atomic E-state index is -0.484. The van der Waals surface area contributed by atoms with Crippen LogP contribution in [0.5, 0.6) is 5.75 Å². The van der Waals surface area contributed by atoms with E-state index in [9.17, 15) is 9.90 Å². The van der Waals surface area contributed by atoms with E-state index in [1.54, 1.807) is 30.0 Å². The fourth-order valence-corrected chi connectivity index (χ4v) is 2.79. The van der Waals surface area contributed by atoms with Gasteiger partial charge in [-0.3, -0.25) is 4.79 Å². The molecule has 0 saturated carbocycles. The second-order valence-corrected chi connectivity index (χ2v) is 5.72. The van der Waals surface area contributed by atoms with Crippen LogP contribution in [0.15, 0.2) is 59.5 Å². The van der Waals surface area contributed by atoms with Crippen LogP contribution in [0, 0.1) is 0 Å². The van der Waals surface area contributed by atoms with Crippen molar-refractivity contribution in [2.45, 2.75) is 12.6 Å². The number of methoxy groups -OCH3 is 1. The zero-order chi connectivity index (χ0) is 17.1. The Labute approximate surface area is 139 Å². The lowest BCUT2D eigenvalue weighted by Gasteiger charge is -2.15. The molecule has 0 spiro atoms. The van der Waals surface area contributed by atoms with Crippen LogP contribution >= 0.6 is 0 Å². The number of nitrogens with zero attached hydrogens (tertiary/aromatic N) is 1. The van der Waals surface area contributed by atoms with E-state index in [0.29, 0.717) is 11.1 Å². The molecule has 0 aliphatic rings. The maximum Gasteiger partial charge on any atom is 0.258 e. The smallest absolute Gasteiger partial charge is 0.258 e. The van der Waals surface area contributed by atoms with Crippen molar-refractivity contribution in [2.75, 3.05) is 13.7 Å². The predicted molar refractivity (Wildman–Crippen MR) is 95.3 cm³/mol. The topological polar surface area (TPSA) is 77.5 Å². The van der Waals surface area contributed by atoms with E-state index in [-0.39, 0.29) is 18.7 Å². The maximum atomic E-state index is 12.7. The summed E-state index contributed by atoms with van der Waals surface area (Å²) in [6.45, 7) is 0.0882. The van der Waals surface area contributed by atoms with Crippen molar-refractivity contribution in [3.05, 3.63) is 65.1 Å². The van der Waals surface area contributed by atoms with Gasteiger partial charge in [-0.1, -0.05) is 30.3 Å². The van der Waals surface area contributed by atoms with Crippen LogP contribution in [-0.4, -0.2) is 29.4 Å². The monoisotopic (exact) mass is 324 g/mol. The lowest BCUT2D eigenvalue weighted by atomic mass is 10.0. The molecular formula is C19H20N2O3. The fraction of sp³-hybridized carbons (Fsp3) is 0.211. The summed E-state index contributed by atoms with van der Waals surface area (Å²) in [6, 6.07) is 14.8. The standard InChI is InChI=1S/C19H20N2O3/c1-24-15-7-8-16-17(9-15)18(13-5-3-2-4-6-13)11-21(19(16)23)10-14(20)12-22/h2-9,11,14,22H,10,12,20H2,1H3. The van der Waals surface area contributed by atoms with Gasteiger partial charge in [0.25, 0.3) is 5.56 Å². The highest BCUT2D eigenvalue weighted by atomic mass is 16.5. The maximum absolute atomic E-state index is 12.7. The molecule has 1 heterocycles. The SMILES string of the molecule is COc1ccc2c(=O)n(CC(N)CO)cc(-c3ccccc3)c2c1. The molecule has 1 aromatic heterocycles. The molecule has 1 atom stereocenters. The number of aliphatic hydroxyl groups is 1. The van der Waals surface area contributed by atoms with Gasteiger partial charge in [-0.2, -0.15) is 0 Å². The first-order valence-corrected chi connectivity index (χ1v) is 7.77. The first-order chi connectivity index (χ1) is 11.6. The molecular weight excluding hydrogens is 304 g/mol. The normalized spacial score (nSPS) is 12.3. The number of hydrogen-bond donors (Lipinski definition) is 2. The second kappa shape index (κ2) is 6.86. The Kier molecular flexibility index (Phi) is 4.64. The third kappa shape index (κ3) is 3.04. The summed E-state index contributed by atoms with van der Waals surface area (Å²) in [5.41, 5.74) is 7.62. The third-order valence-electron chi connectivity index (χ3n) is 4.04. The summed E-state index contributed by atoms with van der Waals surface area (Å²) >= 11 is 0. The number of aromatic nitrogens is 1. The molecule has 124 valence electrons. The molecule has 0 aliphatic heterocycles. The molecule has 0 saturated heterocycles.